The Labute approximate surface area is 87.5 Å². The van der Waals surface area contributed by atoms with Crippen molar-refractivity contribution in [2.75, 3.05) is 0 Å². The number of nitrogens with zero attached hydrogens (tertiary/aromatic N) is 2. The topological polar surface area (TPSA) is 17.8 Å². The summed E-state index contributed by atoms with van der Waals surface area (Å²) < 4.78 is 3.32. The van der Waals surface area contributed by atoms with Crippen molar-refractivity contribution in [1.29, 1.82) is 0 Å². The van der Waals surface area contributed by atoms with Crippen LogP contribution in [0, 0.1) is 6.92 Å². The molecule has 0 aromatic carbocycles. The zero-order chi connectivity index (χ0) is 9.14. The van der Waals surface area contributed by atoms with Gasteiger partial charge in [0, 0.05) is 23.1 Å². The summed E-state index contributed by atoms with van der Waals surface area (Å²) in [5.74, 6) is 1.22. The molecule has 12 heavy (non-hydrogen) atoms. The third kappa shape index (κ3) is 1.65. The van der Waals surface area contributed by atoms with Crippen molar-refractivity contribution < 1.29 is 0 Å². The average Bonchev–Trinajstić information content (AvgIpc) is 2.41. The van der Waals surface area contributed by atoms with Gasteiger partial charge in [-0.3, -0.25) is 0 Å². The lowest BCUT2D eigenvalue weighted by Gasteiger charge is -2.03. The largest absolute Gasteiger partial charge is 0.332 e. The minimum Gasteiger partial charge on any atom is -0.332 e. The maximum atomic E-state index is 4.57. The number of hydrogen-bond donors (Lipinski definition) is 0. The zero-order valence-electron chi connectivity index (χ0n) is 7.89. The molecule has 1 rings (SSSR count). The lowest BCUT2D eigenvalue weighted by Crippen LogP contribution is -2.01. The highest BCUT2D eigenvalue weighted by molar-refractivity contribution is 14.1. The van der Waals surface area contributed by atoms with Gasteiger partial charge in [-0.1, -0.05) is 29.5 Å². The van der Waals surface area contributed by atoms with Crippen LogP contribution in [0.25, 0.3) is 0 Å². The van der Waals surface area contributed by atoms with Crippen molar-refractivity contribution in [1.82, 2.24) is 9.55 Å². The highest BCUT2D eigenvalue weighted by atomic mass is 127. The second-order valence-corrected chi connectivity index (χ2v) is 3.55. The Balaban J connectivity index is 3.13. The number of hydrogen-bond acceptors (Lipinski definition) is 1. The third-order valence-corrected chi connectivity index (χ3v) is 2.88. The molecule has 1 heterocycles. The first-order valence-corrected chi connectivity index (χ1v) is 5.87. The van der Waals surface area contributed by atoms with Crippen molar-refractivity contribution in [3.8, 4) is 0 Å². The molecule has 0 bridgehead atoms. The van der Waals surface area contributed by atoms with Crippen LogP contribution in [0.4, 0.5) is 0 Å². The minimum absolute atomic E-state index is 1.02. The van der Waals surface area contributed by atoms with Gasteiger partial charge in [-0.25, -0.2) is 4.98 Å². The van der Waals surface area contributed by atoms with Crippen molar-refractivity contribution >= 4 is 22.6 Å². The normalized spacial score (nSPS) is 10.7. The predicted molar refractivity (Wildman–Crippen MR) is 59.7 cm³/mol. The second-order valence-electron chi connectivity index (χ2n) is 2.79. The first-order valence-electron chi connectivity index (χ1n) is 4.35. The van der Waals surface area contributed by atoms with Crippen molar-refractivity contribution in [2.45, 2.75) is 38.2 Å². The van der Waals surface area contributed by atoms with E-state index in [1.54, 1.807) is 0 Å². The number of aryl methyl sites for hydroxylation is 1. The lowest BCUT2D eigenvalue weighted by molar-refractivity contribution is 0.686. The summed E-state index contributed by atoms with van der Waals surface area (Å²) in [6.07, 6.45) is 1.03. The van der Waals surface area contributed by atoms with Gasteiger partial charge in [-0.2, -0.15) is 0 Å². The van der Waals surface area contributed by atoms with Gasteiger partial charge in [-0.05, 0) is 13.8 Å². The summed E-state index contributed by atoms with van der Waals surface area (Å²) in [4.78, 5) is 4.57. The molecule has 0 N–H and O–H groups in total. The molecule has 0 aliphatic heterocycles. The van der Waals surface area contributed by atoms with Gasteiger partial charge in [0.25, 0.3) is 0 Å². The van der Waals surface area contributed by atoms with Gasteiger partial charge in [0.05, 0.1) is 5.69 Å². The van der Waals surface area contributed by atoms with Crippen LogP contribution in [0.2, 0.25) is 0 Å². The van der Waals surface area contributed by atoms with E-state index in [2.05, 4.69) is 52.9 Å². The van der Waals surface area contributed by atoms with Crippen LogP contribution >= 0.6 is 22.6 Å². The maximum absolute atomic E-state index is 4.57. The number of imidazole rings is 1. The first kappa shape index (κ1) is 10.0. The van der Waals surface area contributed by atoms with Gasteiger partial charge in [0.2, 0.25) is 0 Å². The zero-order valence-corrected chi connectivity index (χ0v) is 10.1. The molecule has 68 valence electrons. The number of rotatable bonds is 3. The summed E-state index contributed by atoms with van der Waals surface area (Å²) in [5.41, 5.74) is 2.58. The third-order valence-electron chi connectivity index (χ3n) is 2.16. The molecule has 0 aliphatic rings. The Bertz CT molecular complexity index is 266. The fourth-order valence-corrected chi connectivity index (χ4v) is 2.19. The number of alkyl halides is 1. The molecule has 0 atom stereocenters. The molecule has 0 fully saturated rings. The van der Waals surface area contributed by atoms with Gasteiger partial charge >= 0.3 is 0 Å². The van der Waals surface area contributed by atoms with E-state index >= 15 is 0 Å². The first-order chi connectivity index (χ1) is 5.74. The SMILES string of the molecule is CCc1nc(CI)c(C)n1CC. The van der Waals surface area contributed by atoms with E-state index in [-0.39, 0.29) is 0 Å². The smallest absolute Gasteiger partial charge is 0.108 e. The van der Waals surface area contributed by atoms with Crippen LogP contribution < -0.4 is 0 Å². The van der Waals surface area contributed by atoms with Crippen LogP contribution in [0.1, 0.15) is 31.1 Å². The predicted octanol–water partition coefficient (Wildman–Crippen LogP) is 2.71. The van der Waals surface area contributed by atoms with Gasteiger partial charge in [-0.15, -0.1) is 0 Å². The monoisotopic (exact) mass is 278 g/mol. The summed E-state index contributed by atoms with van der Waals surface area (Å²) in [6, 6.07) is 0. The van der Waals surface area contributed by atoms with E-state index in [0.29, 0.717) is 0 Å². The fraction of sp³-hybridized carbons (Fsp3) is 0.667. The van der Waals surface area contributed by atoms with Crippen LogP contribution in [-0.4, -0.2) is 9.55 Å². The molecule has 0 aliphatic carbocycles. The van der Waals surface area contributed by atoms with E-state index in [9.17, 15) is 0 Å². The summed E-state index contributed by atoms with van der Waals surface area (Å²) in [7, 11) is 0. The molecule has 0 amide bonds. The van der Waals surface area contributed by atoms with E-state index in [1.165, 1.54) is 17.2 Å². The highest BCUT2D eigenvalue weighted by Crippen LogP contribution is 2.14. The molecular formula is C9H15IN2. The molecule has 0 unspecified atom stereocenters. The number of aromatic nitrogens is 2. The van der Waals surface area contributed by atoms with Crippen molar-refractivity contribution in [2.24, 2.45) is 0 Å². The Kier molecular flexibility index (Phi) is 3.55. The quantitative estimate of drug-likeness (QED) is 0.614. The van der Waals surface area contributed by atoms with Crippen molar-refractivity contribution in [3.05, 3.63) is 17.2 Å². The van der Waals surface area contributed by atoms with Crippen LogP contribution in [0.3, 0.4) is 0 Å². The Morgan fingerprint density at radius 3 is 2.42 bits per heavy atom. The molecule has 3 heteroatoms. The van der Waals surface area contributed by atoms with E-state index in [0.717, 1.165) is 17.4 Å². The second kappa shape index (κ2) is 4.25. The number of halogens is 1. The van der Waals surface area contributed by atoms with E-state index in [4.69, 9.17) is 0 Å². The van der Waals surface area contributed by atoms with E-state index < -0.39 is 0 Å². The Morgan fingerprint density at radius 1 is 1.42 bits per heavy atom. The molecular weight excluding hydrogens is 263 g/mol. The Morgan fingerprint density at radius 2 is 2.08 bits per heavy atom. The van der Waals surface area contributed by atoms with Crippen LogP contribution in [0.15, 0.2) is 0 Å². The summed E-state index contributed by atoms with van der Waals surface area (Å²) in [6.45, 7) is 7.53. The molecule has 0 spiro atoms. The molecule has 0 radical (unpaired) electrons. The lowest BCUT2D eigenvalue weighted by atomic mass is 10.4. The molecule has 1 aromatic heterocycles. The van der Waals surface area contributed by atoms with Gasteiger partial charge in [0.1, 0.15) is 5.82 Å². The molecule has 0 saturated carbocycles. The average molecular weight is 278 g/mol. The van der Waals surface area contributed by atoms with Crippen LogP contribution in [-0.2, 0) is 17.4 Å². The fourth-order valence-electron chi connectivity index (χ4n) is 1.46. The summed E-state index contributed by atoms with van der Waals surface area (Å²) >= 11 is 2.37. The minimum atomic E-state index is 1.02. The van der Waals surface area contributed by atoms with E-state index in [1.807, 2.05) is 0 Å². The van der Waals surface area contributed by atoms with Crippen LogP contribution in [0.5, 0.6) is 0 Å². The van der Waals surface area contributed by atoms with Crippen molar-refractivity contribution in [3.63, 3.8) is 0 Å². The molecule has 2 nitrogen and oxygen atoms in total. The highest BCUT2D eigenvalue weighted by Gasteiger charge is 2.09. The van der Waals surface area contributed by atoms with Gasteiger partial charge in [0.15, 0.2) is 0 Å². The molecule has 0 saturated heterocycles. The van der Waals surface area contributed by atoms with Gasteiger partial charge < -0.3 is 4.57 Å². The molecule has 1 aromatic rings. The Hall–Kier alpha value is -0.0600. The maximum Gasteiger partial charge on any atom is 0.108 e. The standard InChI is InChI=1S/C9H15IN2/c1-4-9-11-8(6-10)7(3)12(9)5-2/h4-6H2,1-3H3. The summed E-state index contributed by atoms with van der Waals surface area (Å²) in [5, 5.41) is 0.